The van der Waals surface area contributed by atoms with E-state index >= 15 is 0 Å². The summed E-state index contributed by atoms with van der Waals surface area (Å²) in [7, 11) is -8.52. The third kappa shape index (κ3) is 7.67. The van der Waals surface area contributed by atoms with E-state index in [2.05, 4.69) is 0 Å². The van der Waals surface area contributed by atoms with E-state index < -0.39 is 20.2 Å². The monoisotopic (exact) mass is 570 g/mol. The summed E-state index contributed by atoms with van der Waals surface area (Å²) >= 11 is 0. The molecule has 206 valence electrons. The molecule has 0 amide bonds. The van der Waals surface area contributed by atoms with Crippen LogP contribution in [0.4, 0.5) is 0 Å². The Labute approximate surface area is 228 Å². The fourth-order valence-electron chi connectivity index (χ4n) is 3.80. The Hall–Kier alpha value is -3.70. The van der Waals surface area contributed by atoms with Crippen molar-refractivity contribution in [2.24, 2.45) is 0 Å². The smallest absolute Gasteiger partial charge is 0.295 e. The van der Waals surface area contributed by atoms with Gasteiger partial charge in [0.05, 0.1) is 4.90 Å². The van der Waals surface area contributed by atoms with Crippen LogP contribution in [0.25, 0.3) is 22.3 Å². The van der Waals surface area contributed by atoms with Gasteiger partial charge >= 0.3 is 0 Å². The van der Waals surface area contributed by atoms with Gasteiger partial charge in [-0.05, 0) is 88.7 Å². The summed E-state index contributed by atoms with van der Waals surface area (Å²) in [5.74, 6) is 0.237. The molecule has 8 nitrogen and oxygen atoms in total. The van der Waals surface area contributed by atoms with Crippen LogP contribution in [-0.4, -0.2) is 36.2 Å². The number of hydrogen-bond donors (Lipinski definition) is 4. The predicted molar refractivity (Wildman–Crippen MR) is 150 cm³/mol. The van der Waals surface area contributed by atoms with Crippen molar-refractivity contribution in [1.82, 2.24) is 0 Å². The number of phenolic OH excluding ortho intramolecular Hbond substituents is 2. The highest BCUT2D eigenvalue weighted by molar-refractivity contribution is 7.86. The second kappa shape index (κ2) is 11.2. The van der Waals surface area contributed by atoms with Crippen LogP contribution in [-0.2, 0) is 25.7 Å². The second-order valence-corrected chi connectivity index (χ2v) is 12.8. The summed E-state index contributed by atoms with van der Waals surface area (Å²) in [6.07, 6.45) is 0. The van der Waals surface area contributed by atoms with Crippen molar-refractivity contribution < 1.29 is 36.2 Å². The molecule has 0 aliphatic rings. The molecule has 0 bridgehead atoms. The summed E-state index contributed by atoms with van der Waals surface area (Å²) in [6, 6.07) is 21.9. The minimum atomic E-state index is -4.32. The van der Waals surface area contributed by atoms with Crippen LogP contribution in [0.5, 0.6) is 11.5 Å². The Morgan fingerprint density at radius 3 is 1.51 bits per heavy atom. The first-order chi connectivity index (χ1) is 18.0. The lowest BCUT2D eigenvalue weighted by Gasteiger charge is -2.21. The van der Waals surface area contributed by atoms with Crippen molar-refractivity contribution in [3.05, 3.63) is 96.1 Å². The first kappa shape index (κ1) is 29.9. The predicted octanol–water partition coefficient (Wildman–Crippen LogP) is 6.22. The molecule has 0 radical (unpaired) electrons. The topological polar surface area (TPSA) is 149 Å². The van der Waals surface area contributed by atoms with E-state index in [1.807, 2.05) is 27.7 Å². The maximum absolute atomic E-state index is 11.6. The normalized spacial score (nSPS) is 11.9. The van der Waals surface area contributed by atoms with Crippen molar-refractivity contribution >= 4 is 20.2 Å². The van der Waals surface area contributed by atoms with Crippen molar-refractivity contribution in [3.63, 3.8) is 0 Å². The van der Waals surface area contributed by atoms with Gasteiger partial charge in [0, 0.05) is 5.56 Å². The molecule has 4 aromatic rings. The highest BCUT2D eigenvalue weighted by atomic mass is 32.2. The maximum Gasteiger partial charge on any atom is 0.295 e. The number of aromatic hydroxyl groups is 2. The zero-order chi connectivity index (χ0) is 29.2. The van der Waals surface area contributed by atoms with Crippen LogP contribution in [0.3, 0.4) is 0 Å². The largest absolute Gasteiger partial charge is 0.508 e. The lowest BCUT2D eigenvalue weighted by atomic mass is 9.85. The van der Waals surface area contributed by atoms with Gasteiger partial charge in [0.15, 0.2) is 0 Å². The van der Waals surface area contributed by atoms with E-state index in [0.717, 1.165) is 16.7 Å². The van der Waals surface area contributed by atoms with Crippen LogP contribution >= 0.6 is 0 Å². The average Bonchev–Trinajstić information content (AvgIpc) is 2.84. The standard InChI is InChI=1S/C16H18O4S.C13H12O4S/c1-16(2,3)12-6-9-15(21(18,19)20)14(10-12)11-4-7-13(17)8-5-11;1-9-2-7-12(18(15,16)17)8-13(9)10-3-5-11(14)6-4-10/h4-10,17H,1-3H3,(H,18,19,20);2-8,14H,1H3,(H,15,16,17). The molecule has 0 saturated heterocycles. The Bertz CT molecular complexity index is 1680. The number of hydrogen-bond acceptors (Lipinski definition) is 6. The third-order valence-electron chi connectivity index (χ3n) is 5.99. The molecule has 0 spiro atoms. The van der Waals surface area contributed by atoms with E-state index in [-0.39, 0.29) is 26.7 Å². The van der Waals surface area contributed by atoms with Crippen molar-refractivity contribution in [2.45, 2.75) is 42.9 Å². The van der Waals surface area contributed by atoms with Gasteiger partial charge in [-0.3, -0.25) is 9.11 Å². The minimum absolute atomic E-state index is 0.0964. The van der Waals surface area contributed by atoms with E-state index in [1.165, 1.54) is 42.5 Å². The van der Waals surface area contributed by atoms with Gasteiger partial charge in [0.1, 0.15) is 16.4 Å². The molecule has 0 fully saturated rings. The van der Waals surface area contributed by atoms with Gasteiger partial charge in [-0.15, -0.1) is 0 Å². The highest BCUT2D eigenvalue weighted by Gasteiger charge is 2.21. The fraction of sp³-hybridized carbons (Fsp3) is 0.172. The molecular formula is C29H30O8S2. The molecule has 0 atom stereocenters. The van der Waals surface area contributed by atoms with Crippen LogP contribution < -0.4 is 0 Å². The molecule has 0 heterocycles. The summed E-state index contributed by atoms with van der Waals surface area (Å²) in [6.45, 7) is 7.91. The van der Waals surface area contributed by atoms with Crippen LogP contribution in [0, 0.1) is 6.92 Å². The van der Waals surface area contributed by atoms with Crippen LogP contribution in [0.2, 0.25) is 0 Å². The van der Waals surface area contributed by atoms with Crippen molar-refractivity contribution in [1.29, 1.82) is 0 Å². The van der Waals surface area contributed by atoms with Gasteiger partial charge in [0.2, 0.25) is 0 Å². The Morgan fingerprint density at radius 2 is 1.08 bits per heavy atom. The molecule has 0 aliphatic heterocycles. The SMILES string of the molecule is CC(C)(C)c1ccc(S(=O)(=O)O)c(-c2ccc(O)cc2)c1.Cc1ccc(S(=O)(=O)O)cc1-c1ccc(O)cc1. The molecule has 0 aromatic heterocycles. The average molecular weight is 571 g/mol. The Kier molecular flexibility index (Phi) is 8.56. The molecule has 4 rings (SSSR count). The molecule has 10 heteroatoms. The van der Waals surface area contributed by atoms with E-state index in [9.17, 15) is 31.6 Å². The molecular weight excluding hydrogens is 540 g/mol. The van der Waals surface area contributed by atoms with Crippen molar-refractivity contribution in [2.75, 3.05) is 0 Å². The minimum Gasteiger partial charge on any atom is -0.508 e. The second-order valence-electron chi connectivity index (χ2n) is 9.98. The zero-order valence-electron chi connectivity index (χ0n) is 21.8. The molecule has 0 aliphatic carbocycles. The summed E-state index contributed by atoms with van der Waals surface area (Å²) in [4.78, 5) is -0.280. The van der Waals surface area contributed by atoms with Crippen LogP contribution in [0.1, 0.15) is 31.9 Å². The van der Waals surface area contributed by atoms with Gasteiger partial charge < -0.3 is 10.2 Å². The number of aryl methyl sites for hydroxylation is 1. The zero-order valence-corrected chi connectivity index (χ0v) is 23.5. The number of benzene rings is 4. The lowest BCUT2D eigenvalue weighted by molar-refractivity contribution is 0.475. The van der Waals surface area contributed by atoms with Gasteiger partial charge in [0.25, 0.3) is 20.2 Å². The summed E-state index contributed by atoms with van der Waals surface area (Å²) in [5.41, 5.74) is 4.20. The molecule has 39 heavy (non-hydrogen) atoms. The molecule has 0 saturated carbocycles. The van der Waals surface area contributed by atoms with Gasteiger partial charge in [-0.1, -0.05) is 57.2 Å². The Balaban J connectivity index is 0.000000218. The maximum atomic E-state index is 11.6. The molecule has 0 unspecified atom stereocenters. The van der Waals surface area contributed by atoms with Crippen LogP contribution in [0.15, 0.2) is 94.7 Å². The number of rotatable bonds is 4. The van der Waals surface area contributed by atoms with Crippen molar-refractivity contribution in [3.8, 4) is 33.8 Å². The quantitative estimate of drug-likeness (QED) is 0.211. The summed E-state index contributed by atoms with van der Waals surface area (Å²) < 4.78 is 63.7. The fourth-order valence-corrected chi connectivity index (χ4v) is 5.00. The summed E-state index contributed by atoms with van der Waals surface area (Å²) in [5, 5.41) is 18.6. The molecule has 4 aromatic carbocycles. The van der Waals surface area contributed by atoms with Gasteiger partial charge in [-0.2, -0.15) is 16.8 Å². The van der Waals surface area contributed by atoms with E-state index in [4.69, 9.17) is 4.55 Å². The first-order valence-corrected chi connectivity index (χ1v) is 14.6. The lowest BCUT2D eigenvalue weighted by Crippen LogP contribution is -2.12. The first-order valence-electron chi connectivity index (χ1n) is 11.8. The highest BCUT2D eigenvalue weighted by Crippen LogP contribution is 2.33. The van der Waals surface area contributed by atoms with Gasteiger partial charge in [-0.25, -0.2) is 0 Å². The van der Waals surface area contributed by atoms with E-state index in [1.54, 1.807) is 42.5 Å². The Morgan fingerprint density at radius 1 is 0.590 bits per heavy atom. The van der Waals surface area contributed by atoms with E-state index in [0.29, 0.717) is 16.7 Å². The third-order valence-corrected chi connectivity index (χ3v) is 7.75. The number of phenols is 2. The molecule has 4 N–H and O–H groups in total.